The molecule has 0 atom stereocenters. The van der Waals surface area contributed by atoms with Crippen molar-refractivity contribution in [3.63, 3.8) is 0 Å². The first-order valence-corrected chi connectivity index (χ1v) is 5.94. The lowest BCUT2D eigenvalue weighted by Crippen LogP contribution is -2.36. The number of hydrogen-bond acceptors (Lipinski definition) is 2. The highest BCUT2D eigenvalue weighted by molar-refractivity contribution is 5.95. The fourth-order valence-electron chi connectivity index (χ4n) is 1.94. The van der Waals surface area contributed by atoms with Crippen LogP contribution in [0.5, 0.6) is 0 Å². The predicted molar refractivity (Wildman–Crippen MR) is 62.3 cm³/mol. The zero-order valence-corrected chi connectivity index (χ0v) is 10.2. The minimum atomic E-state index is 0.127. The van der Waals surface area contributed by atoms with E-state index in [-0.39, 0.29) is 5.91 Å². The maximum absolute atomic E-state index is 12.3. The van der Waals surface area contributed by atoms with Crippen molar-refractivity contribution >= 4 is 5.91 Å². The zero-order chi connectivity index (χ0) is 11.7. The molecule has 0 bridgehead atoms. The van der Waals surface area contributed by atoms with Gasteiger partial charge in [-0.3, -0.25) is 4.79 Å². The Morgan fingerprint density at radius 2 is 2.25 bits per heavy atom. The summed E-state index contributed by atoms with van der Waals surface area (Å²) in [5.74, 6) is 1.36. The van der Waals surface area contributed by atoms with Crippen molar-refractivity contribution in [3.05, 3.63) is 23.7 Å². The lowest BCUT2D eigenvalue weighted by Gasteiger charge is -2.24. The molecule has 1 aromatic rings. The Morgan fingerprint density at radius 1 is 1.56 bits per heavy atom. The van der Waals surface area contributed by atoms with E-state index in [1.807, 2.05) is 11.8 Å². The third kappa shape index (κ3) is 2.29. The van der Waals surface area contributed by atoms with Gasteiger partial charge in [0.1, 0.15) is 5.76 Å². The predicted octanol–water partition coefficient (Wildman–Crippen LogP) is 2.85. The highest BCUT2D eigenvalue weighted by Crippen LogP contribution is 2.29. The van der Waals surface area contributed by atoms with Gasteiger partial charge in [0.05, 0.1) is 11.8 Å². The number of amides is 1. The lowest BCUT2D eigenvalue weighted by atomic mass is 10.1. The molecule has 0 aliphatic heterocycles. The van der Waals surface area contributed by atoms with Crippen LogP contribution in [-0.2, 0) is 0 Å². The van der Waals surface area contributed by atoms with E-state index in [4.69, 9.17) is 4.42 Å². The van der Waals surface area contributed by atoms with Gasteiger partial charge in [-0.2, -0.15) is 0 Å². The van der Waals surface area contributed by atoms with Crippen LogP contribution in [0.15, 0.2) is 16.7 Å². The number of aryl methyl sites for hydroxylation is 1. The third-order valence-electron chi connectivity index (χ3n) is 2.90. The first kappa shape index (κ1) is 11.2. The van der Waals surface area contributed by atoms with Crippen LogP contribution in [-0.4, -0.2) is 23.4 Å². The van der Waals surface area contributed by atoms with Gasteiger partial charge in [-0.25, -0.2) is 0 Å². The number of carbonyl (C=O) groups excluding carboxylic acids is 1. The number of carbonyl (C=O) groups is 1. The van der Waals surface area contributed by atoms with Crippen LogP contribution in [0.25, 0.3) is 0 Å². The minimum Gasteiger partial charge on any atom is -0.469 e. The summed E-state index contributed by atoms with van der Waals surface area (Å²) < 4.78 is 5.19. The summed E-state index contributed by atoms with van der Waals surface area (Å²) in [7, 11) is 0. The average molecular weight is 221 g/mol. The Hall–Kier alpha value is -1.25. The Kier molecular flexibility index (Phi) is 3.03. The molecule has 88 valence electrons. The molecule has 16 heavy (non-hydrogen) atoms. The van der Waals surface area contributed by atoms with E-state index in [0.29, 0.717) is 17.5 Å². The van der Waals surface area contributed by atoms with E-state index >= 15 is 0 Å². The molecular formula is C13H19NO2. The molecule has 0 aromatic carbocycles. The van der Waals surface area contributed by atoms with Crippen LogP contribution in [0.3, 0.4) is 0 Å². The molecule has 2 rings (SSSR count). The molecule has 1 aliphatic carbocycles. The highest BCUT2D eigenvalue weighted by Gasteiger charge is 2.34. The van der Waals surface area contributed by atoms with Crippen molar-refractivity contribution in [1.82, 2.24) is 4.90 Å². The molecular weight excluding hydrogens is 202 g/mol. The minimum absolute atomic E-state index is 0.127. The molecule has 0 radical (unpaired) electrons. The van der Waals surface area contributed by atoms with Gasteiger partial charge in [0.2, 0.25) is 0 Å². The van der Waals surface area contributed by atoms with Gasteiger partial charge in [0, 0.05) is 12.6 Å². The largest absolute Gasteiger partial charge is 0.469 e. The maximum Gasteiger partial charge on any atom is 0.257 e. The average Bonchev–Trinajstić information content (AvgIpc) is 2.97. The van der Waals surface area contributed by atoms with Crippen molar-refractivity contribution in [2.45, 2.75) is 39.7 Å². The summed E-state index contributed by atoms with van der Waals surface area (Å²) in [6.07, 6.45) is 3.88. The molecule has 1 aliphatic rings. The molecule has 1 fully saturated rings. The van der Waals surface area contributed by atoms with Crippen LogP contribution < -0.4 is 0 Å². The van der Waals surface area contributed by atoms with Gasteiger partial charge in [-0.1, -0.05) is 13.8 Å². The van der Waals surface area contributed by atoms with Crippen LogP contribution in [0, 0.1) is 12.8 Å². The van der Waals surface area contributed by atoms with E-state index in [1.54, 1.807) is 12.3 Å². The van der Waals surface area contributed by atoms with E-state index in [2.05, 4.69) is 13.8 Å². The fraction of sp³-hybridized carbons (Fsp3) is 0.615. The van der Waals surface area contributed by atoms with E-state index in [1.165, 1.54) is 0 Å². The topological polar surface area (TPSA) is 33.5 Å². The molecule has 1 heterocycles. The Labute approximate surface area is 96.4 Å². The number of hydrogen-bond donors (Lipinski definition) is 0. The van der Waals surface area contributed by atoms with Gasteiger partial charge >= 0.3 is 0 Å². The molecule has 0 spiro atoms. The summed E-state index contributed by atoms with van der Waals surface area (Å²) in [5.41, 5.74) is 0.715. The van der Waals surface area contributed by atoms with Gasteiger partial charge in [-0.05, 0) is 31.7 Å². The van der Waals surface area contributed by atoms with Gasteiger partial charge in [0.25, 0.3) is 5.91 Å². The zero-order valence-electron chi connectivity index (χ0n) is 10.2. The SMILES string of the molecule is Cc1occc1C(=O)N(CC(C)C)C1CC1. The normalized spacial score (nSPS) is 15.5. The van der Waals surface area contributed by atoms with E-state index in [9.17, 15) is 4.79 Å². The van der Waals surface area contributed by atoms with Crippen molar-refractivity contribution in [3.8, 4) is 0 Å². The standard InChI is InChI=1S/C13H19NO2/c1-9(2)8-14(11-4-5-11)13(15)12-6-7-16-10(12)3/h6-7,9,11H,4-5,8H2,1-3H3. The number of furan rings is 1. The second-order valence-electron chi connectivity index (χ2n) is 4.97. The molecule has 1 saturated carbocycles. The van der Waals surface area contributed by atoms with Crippen molar-refractivity contribution in [2.75, 3.05) is 6.54 Å². The Balaban J connectivity index is 2.14. The number of nitrogens with zero attached hydrogens (tertiary/aromatic N) is 1. The van der Waals surface area contributed by atoms with Crippen molar-refractivity contribution in [1.29, 1.82) is 0 Å². The summed E-state index contributed by atoms with van der Waals surface area (Å²) >= 11 is 0. The fourth-order valence-corrected chi connectivity index (χ4v) is 1.94. The van der Waals surface area contributed by atoms with Crippen LogP contribution >= 0.6 is 0 Å². The summed E-state index contributed by atoms with van der Waals surface area (Å²) in [5, 5.41) is 0. The second-order valence-corrected chi connectivity index (χ2v) is 4.97. The van der Waals surface area contributed by atoms with Crippen molar-refractivity contribution < 1.29 is 9.21 Å². The smallest absolute Gasteiger partial charge is 0.257 e. The quantitative estimate of drug-likeness (QED) is 0.783. The maximum atomic E-state index is 12.3. The molecule has 3 nitrogen and oxygen atoms in total. The number of rotatable bonds is 4. The third-order valence-corrected chi connectivity index (χ3v) is 2.90. The van der Waals surface area contributed by atoms with Crippen LogP contribution in [0.2, 0.25) is 0 Å². The highest BCUT2D eigenvalue weighted by atomic mass is 16.3. The van der Waals surface area contributed by atoms with E-state index in [0.717, 1.165) is 25.1 Å². The van der Waals surface area contributed by atoms with Gasteiger partial charge in [-0.15, -0.1) is 0 Å². The summed E-state index contributed by atoms with van der Waals surface area (Å²) in [6.45, 7) is 6.97. The first-order valence-electron chi connectivity index (χ1n) is 5.94. The summed E-state index contributed by atoms with van der Waals surface area (Å²) in [6, 6.07) is 2.23. The Bertz CT molecular complexity index is 377. The molecule has 1 aromatic heterocycles. The monoisotopic (exact) mass is 221 g/mol. The van der Waals surface area contributed by atoms with E-state index < -0.39 is 0 Å². The molecule has 0 saturated heterocycles. The van der Waals surface area contributed by atoms with Crippen LogP contribution in [0.1, 0.15) is 42.8 Å². The van der Waals surface area contributed by atoms with Crippen LogP contribution in [0.4, 0.5) is 0 Å². The summed E-state index contributed by atoms with van der Waals surface area (Å²) in [4.78, 5) is 14.3. The second kappa shape index (κ2) is 4.32. The van der Waals surface area contributed by atoms with Gasteiger partial charge in [0.15, 0.2) is 0 Å². The molecule has 0 unspecified atom stereocenters. The Morgan fingerprint density at radius 3 is 2.69 bits per heavy atom. The molecule has 0 N–H and O–H groups in total. The van der Waals surface area contributed by atoms with Crippen molar-refractivity contribution in [2.24, 2.45) is 5.92 Å². The lowest BCUT2D eigenvalue weighted by molar-refractivity contribution is 0.0720. The molecule has 3 heteroatoms. The van der Waals surface area contributed by atoms with Gasteiger partial charge < -0.3 is 9.32 Å². The first-order chi connectivity index (χ1) is 7.59. The molecule has 1 amide bonds.